The third-order valence-corrected chi connectivity index (χ3v) is 11.7. The molecule has 0 saturated carbocycles. The fraction of sp³-hybridized carbons (Fsp3) is 0. The summed E-state index contributed by atoms with van der Waals surface area (Å²) in [5, 5.41) is 5.19. The predicted molar refractivity (Wildman–Crippen MR) is 214 cm³/mol. The van der Waals surface area contributed by atoms with E-state index in [1.165, 1.54) is 97.6 Å². The maximum Gasteiger partial charge on any atom is 0.0541 e. The molecule has 11 rings (SSSR count). The van der Waals surface area contributed by atoms with Crippen LogP contribution in [-0.2, 0) is 0 Å². The molecule has 0 atom stereocenters. The van der Waals surface area contributed by atoms with Crippen LogP contribution in [0.2, 0.25) is 0 Å². The molecule has 0 spiro atoms. The van der Waals surface area contributed by atoms with E-state index in [4.69, 9.17) is 0 Å². The predicted octanol–water partition coefficient (Wildman–Crippen LogP) is 13.8. The molecular formula is C48H29NS. The lowest BCUT2D eigenvalue weighted by Crippen LogP contribution is -1.99. The molecule has 2 heteroatoms. The van der Waals surface area contributed by atoms with E-state index in [-0.39, 0.29) is 0 Å². The molecule has 232 valence electrons. The second-order valence-corrected chi connectivity index (χ2v) is 14.3. The Morgan fingerprint density at radius 1 is 0.300 bits per heavy atom. The number of hydrogen-bond acceptors (Lipinski definition) is 1. The maximum absolute atomic E-state index is 2.45. The number of rotatable bonds is 2. The highest BCUT2D eigenvalue weighted by molar-refractivity contribution is 7.25. The Balaban J connectivity index is 1.14. The van der Waals surface area contributed by atoms with E-state index in [1.807, 2.05) is 11.3 Å². The lowest BCUT2D eigenvalue weighted by atomic mass is 9.81. The summed E-state index contributed by atoms with van der Waals surface area (Å²) >= 11 is 1.87. The molecule has 2 aromatic heterocycles. The summed E-state index contributed by atoms with van der Waals surface area (Å²) in [6, 6.07) is 65.2. The first-order chi connectivity index (χ1) is 24.8. The fourth-order valence-corrected chi connectivity index (χ4v) is 9.41. The zero-order chi connectivity index (χ0) is 32.8. The topological polar surface area (TPSA) is 4.93 Å². The Morgan fingerprint density at radius 3 is 1.46 bits per heavy atom. The Hall–Kier alpha value is -6.22. The van der Waals surface area contributed by atoms with E-state index < -0.39 is 0 Å². The fourth-order valence-electron chi connectivity index (χ4n) is 8.32. The number of thiophene rings is 1. The van der Waals surface area contributed by atoms with E-state index in [2.05, 4.69) is 180 Å². The van der Waals surface area contributed by atoms with Crippen molar-refractivity contribution >= 4 is 53.3 Å². The third-order valence-electron chi connectivity index (χ3n) is 10.6. The molecule has 0 aliphatic heterocycles. The van der Waals surface area contributed by atoms with Gasteiger partial charge in [-0.3, -0.25) is 0 Å². The van der Waals surface area contributed by atoms with E-state index >= 15 is 0 Å². The van der Waals surface area contributed by atoms with Crippen LogP contribution in [-0.4, -0.2) is 4.57 Å². The molecular weight excluding hydrogens is 623 g/mol. The first-order valence-electron chi connectivity index (χ1n) is 17.2. The highest BCUT2D eigenvalue weighted by Gasteiger charge is 2.23. The van der Waals surface area contributed by atoms with Gasteiger partial charge in [0.25, 0.3) is 0 Å². The van der Waals surface area contributed by atoms with Gasteiger partial charge in [-0.2, -0.15) is 0 Å². The molecule has 10 aromatic rings. The van der Waals surface area contributed by atoms with E-state index in [0.29, 0.717) is 0 Å². The summed E-state index contributed by atoms with van der Waals surface area (Å²) in [5.41, 5.74) is 16.2. The summed E-state index contributed by atoms with van der Waals surface area (Å²) in [5.74, 6) is 0. The lowest BCUT2D eigenvalue weighted by Gasteiger charge is -2.23. The first-order valence-corrected chi connectivity index (χ1v) is 18.0. The molecule has 1 nitrogen and oxygen atoms in total. The molecule has 1 aliphatic carbocycles. The van der Waals surface area contributed by atoms with Gasteiger partial charge in [0.15, 0.2) is 0 Å². The highest BCUT2D eigenvalue weighted by Crippen LogP contribution is 2.48. The van der Waals surface area contributed by atoms with Gasteiger partial charge in [-0.1, -0.05) is 127 Å². The number of fused-ring (bicyclic) bond motifs is 14. The zero-order valence-corrected chi connectivity index (χ0v) is 27.9. The van der Waals surface area contributed by atoms with Crippen molar-refractivity contribution in [3.8, 4) is 61.3 Å². The molecule has 0 unspecified atom stereocenters. The summed E-state index contributed by atoms with van der Waals surface area (Å²) in [7, 11) is 0. The highest BCUT2D eigenvalue weighted by atomic mass is 32.1. The summed E-state index contributed by atoms with van der Waals surface area (Å²) < 4.78 is 5.12. The summed E-state index contributed by atoms with van der Waals surface area (Å²) in [6.07, 6.45) is 0. The van der Waals surface area contributed by atoms with E-state index in [9.17, 15) is 0 Å². The smallest absolute Gasteiger partial charge is 0.0541 e. The van der Waals surface area contributed by atoms with Crippen molar-refractivity contribution in [1.29, 1.82) is 0 Å². The number of aromatic nitrogens is 1. The number of para-hydroxylation sites is 1. The van der Waals surface area contributed by atoms with Crippen LogP contribution in [0.4, 0.5) is 0 Å². The van der Waals surface area contributed by atoms with E-state index in [0.717, 1.165) is 5.69 Å². The van der Waals surface area contributed by atoms with Crippen LogP contribution < -0.4 is 0 Å². The van der Waals surface area contributed by atoms with Gasteiger partial charge in [-0.05, 0) is 104 Å². The molecule has 0 amide bonds. The molecule has 0 bridgehead atoms. The molecule has 50 heavy (non-hydrogen) atoms. The van der Waals surface area contributed by atoms with Crippen molar-refractivity contribution < 1.29 is 0 Å². The van der Waals surface area contributed by atoms with Gasteiger partial charge in [0.2, 0.25) is 0 Å². The van der Waals surface area contributed by atoms with Crippen LogP contribution in [0.3, 0.4) is 0 Å². The molecule has 0 saturated heterocycles. The standard InChI is InChI=1S/C48H29NS/c1-2-12-34-33(11-1)35-13-3-4-15-37(35)39-24-23-32(29-42(39)38-16-6-5-14-36(34)38)49-45-19-9-7-17-40(45)43-27-30(21-25-46(43)49)31-22-26-48-44(28-31)41-18-8-10-20-47(41)50-48/h1-29H. The van der Waals surface area contributed by atoms with Gasteiger partial charge in [0.1, 0.15) is 0 Å². The maximum atomic E-state index is 2.45. The molecule has 2 heterocycles. The largest absolute Gasteiger partial charge is 0.309 e. The number of nitrogens with zero attached hydrogens (tertiary/aromatic N) is 1. The van der Waals surface area contributed by atoms with Crippen molar-refractivity contribution in [2.45, 2.75) is 0 Å². The normalized spacial score (nSPS) is 12.0. The van der Waals surface area contributed by atoms with Crippen LogP contribution in [0.5, 0.6) is 0 Å². The molecule has 0 radical (unpaired) electrons. The number of hydrogen-bond donors (Lipinski definition) is 0. The third kappa shape index (κ3) is 4.00. The quantitative estimate of drug-likeness (QED) is 0.175. The van der Waals surface area contributed by atoms with Crippen molar-refractivity contribution in [2.75, 3.05) is 0 Å². The molecule has 0 N–H and O–H groups in total. The van der Waals surface area contributed by atoms with Gasteiger partial charge in [0.05, 0.1) is 11.0 Å². The Kier molecular flexibility index (Phi) is 5.89. The van der Waals surface area contributed by atoms with Gasteiger partial charge in [-0.25, -0.2) is 0 Å². The minimum Gasteiger partial charge on any atom is -0.309 e. The van der Waals surface area contributed by atoms with Crippen LogP contribution in [0.15, 0.2) is 176 Å². The second-order valence-electron chi connectivity index (χ2n) is 13.3. The average molecular weight is 652 g/mol. The van der Waals surface area contributed by atoms with Gasteiger partial charge in [0, 0.05) is 36.6 Å². The number of benzene rings is 8. The van der Waals surface area contributed by atoms with Crippen LogP contribution >= 0.6 is 11.3 Å². The van der Waals surface area contributed by atoms with Crippen molar-refractivity contribution in [3.05, 3.63) is 176 Å². The van der Waals surface area contributed by atoms with Crippen LogP contribution in [0.25, 0.3) is 103 Å². The van der Waals surface area contributed by atoms with Crippen molar-refractivity contribution in [2.24, 2.45) is 0 Å². The summed E-state index contributed by atoms with van der Waals surface area (Å²) in [6.45, 7) is 0. The Labute approximate surface area is 293 Å². The Morgan fingerprint density at radius 2 is 0.780 bits per heavy atom. The van der Waals surface area contributed by atoms with Crippen LogP contribution in [0.1, 0.15) is 0 Å². The van der Waals surface area contributed by atoms with E-state index in [1.54, 1.807) is 0 Å². The zero-order valence-electron chi connectivity index (χ0n) is 27.1. The average Bonchev–Trinajstić information content (AvgIpc) is 3.72. The Bertz CT molecular complexity index is 2990. The van der Waals surface area contributed by atoms with Crippen LogP contribution in [0, 0.1) is 0 Å². The summed E-state index contributed by atoms with van der Waals surface area (Å²) in [4.78, 5) is 0. The van der Waals surface area contributed by atoms with Gasteiger partial charge >= 0.3 is 0 Å². The van der Waals surface area contributed by atoms with Gasteiger partial charge in [-0.15, -0.1) is 11.3 Å². The van der Waals surface area contributed by atoms with Gasteiger partial charge < -0.3 is 4.57 Å². The minimum absolute atomic E-state index is 1.16. The first kappa shape index (κ1) is 27.7. The second kappa shape index (κ2) is 10.6. The monoisotopic (exact) mass is 651 g/mol. The van der Waals surface area contributed by atoms with Crippen molar-refractivity contribution in [1.82, 2.24) is 4.57 Å². The molecule has 8 aromatic carbocycles. The lowest BCUT2D eigenvalue weighted by molar-refractivity contribution is 1.18. The van der Waals surface area contributed by atoms with Crippen molar-refractivity contribution in [3.63, 3.8) is 0 Å². The SMILES string of the molecule is c1ccc2c(c1)-c1ccccc1-c1ccc(-n3c4ccccc4c4cc(-c5ccc6sc7ccccc7c6c5)ccc43)cc1-c1ccccc1-2. The molecule has 0 fully saturated rings. The molecule has 1 aliphatic rings. The minimum atomic E-state index is 1.16.